The maximum atomic E-state index is 12.9. The summed E-state index contributed by atoms with van der Waals surface area (Å²) in [7, 11) is 4.00. The molecule has 8 nitrogen and oxygen atoms in total. The molecule has 0 saturated carbocycles. The molecule has 3 N–H and O–H groups in total. The SMILES string of the molecule is CN(C)CCCc1cc(-n2[nH]c3c(nnc4ccccc43)c2=O)ccc1C(N)=O. The quantitative estimate of drug-likeness (QED) is 0.522. The molecule has 0 spiro atoms. The molecule has 2 heterocycles. The fourth-order valence-corrected chi connectivity index (χ4v) is 3.52. The van der Waals surface area contributed by atoms with E-state index in [0.29, 0.717) is 28.7 Å². The molecule has 0 radical (unpaired) electrons. The number of rotatable bonds is 6. The lowest BCUT2D eigenvalue weighted by Crippen LogP contribution is -2.19. The van der Waals surface area contributed by atoms with Crippen LogP contribution in [-0.4, -0.2) is 51.4 Å². The molecule has 4 aromatic rings. The minimum Gasteiger partial charge on any atom is -0.366 e. The van der Waals surface area contributed by atoms with Gasteiger partial charge in [-0.05, 0) is 63.3 Å². The Hall–Kier alpha value is -3.52. The average Bonchev–Trinajstić information content (AvgIpc) is 3.04. The van der Waals surface area contributed by atoms with Crippen LogP contribution >= 0.6 is 0 Å². The zero-order valence-electron chi connectivity index (χ0n) is 16.3. The maximum absolute atomic E-state index is 12.9. The maximum Gasteiger partial charge on any atom is 0.299 e. The highest BCUT2D eigenvalue weighted by Gasteiger charge is 2.15. The summed E-state index contributed by atoms with van der Waals surface area (Å²) >= 11 is 0. The third-order valence-electron chi connectivity index (χ3n) is 4.96. The number of nitrogens with one attached hydrogen (secondary N) is 1. The van der Waals surface area contributed by atoms with Gasteiger partial charge in [0, 0.05) is 10.9 Å². The Labute approximate surface area is 166 Å². The zero-order chi connectivity index (χ0) is 20.5. The van der Waals surface area contributed by atoms with Crippen LogP contribution in [0.15, 0.2) is 47.3 Å². The van der Waals surface area contributed by atoms with Crippen LogP contribution in [0.4, 0.5) is 0 Å². The van der Waals surface area contributed by atoms with Crippen molar-refractivity contribution in [3.05, 3.63) is 63.9 Å². The summed E-state index contributed by atoms with van der Waals surface area (Å²) in [6.45, 7) is 0.885. The van der Waals surface area contributed by atoms with Gasteiger partial charge in [-0.15, -0.1) is 10.2 Å². The second kappa shape index (κ2) is 7.48. The van der Waals surface area contributed by atoms with Gasteiger partial charge in [0.1, 0.15) is 0 Å². The van der Waals surface area contributed by atoms with Gasteiger partial charge >= 0.3 is 0 Å². The van der Waals surface area contributed by atoms with E-state index in [9.17, 15) is 9.59 Å². The standard InChI is InChI=1S/C21H22N6O2/c1-26(2)11-5-6-13-12-14(9-10-15(13)20(22)28)27-21(29)19-18(25-27)16-7-3-4-8-17(16)23-24-19/h3-4,7-10,12,25H,5-6,11H2,1-2H3,(H2,22,28). The van der Waals surface area contributed by atoms with Crippen molar-refractivity contribution in [1.29, 1.82) is 0 Å². The van der Waals surface area contributed by atoms with Crippen molar-refractivity contribution in [2.75, 3.05) is 20.6 Å². The van der Waals surface area contributed by atoms with E-state index in [-0.39, 0.29) is 11.1 Å². The number of nitrogens with two attached hydrogens (primary N) is 1. The summed E-state index contributed by atoms with van der Waals surface area (Å²) in [5.41, 5.74) is 8.79. The van der Waals surface area contributed by atoms with Crippen molar-refractivity contribution < 1.29 is 4.79 Å². The van der Waals surface area contributed by atoms with Crippen molar-refractivity contribution in [3.8, 4) is 5.69 Å². The Balaban J connectivity index is 1.82. The molecule has 4 rings (SSSR count). The van der Waals surface area contributed by atoms with Crippen molar-refractivity contribution >= 4 is 27.8 Å². The number of primary amides is 1. The van der Waals surface area contributed by atoms with E-state index < -0.39 is 5.91 Å². The molecule has 0 bridgehead atoms. The Kier molecular flexibility index (Phi) is 4.85. The first-order valence-corrected chi connectivity index (χ1v) is 9.39. The summed E-state index contributed by atoms with van der Waals surface area (Å²) in [6.07, 6.45) is 1.55. The first-order chi connectivity index (χ1) is 14.0. The lowest BCUT2D eigenvalue weighted by atomic mass is 10.0. The molecule has 148 valence electrons. The van der Waals surface area contributed by atoms with Gasteiger partial charge in [-0.1, -0.05) is 18.2 Å². The molecule has 0 unspecified atom stereocenters. The smallest absolute Gasteiger partial charge is 0.299 e. The molecular weight excluding hydrogens is 368 g/mol. The molecule has 0 fully saturated rings. The van der Waals surface area contributed by atoms with E-state index in [1.807, 2.05) is 44.4 Å². The third-order valence-corrected chi connectivity index (χ3v) is 4.96. The van der Waals surface area contributed by atoms with E-state index in [1.165, 1.54) is 4.68 Å². The van der Waals surface area contributed by atoms with E-state index >= 15 is 0 Å². The number of hydrogen-bond acceptors (Lipinski definition) is 5. The van der Waals surface area contributed by atoms with Crippen molar-refractivity contribution in [2.24, 2.45) is 5.73 Å². The van der Waals surface area contributed by atoms with E-state index in [4.69, 9.17) is 5.73 Å². The van der Waals surface area contributed by atoms with Gasteiger partial charge in [0.15, 0.2) is 5.52 Å². The highest BCUT2D eigenvalue weighted by molar-refractivity contribution is 6.00. The van der Waals surface area contributed by atoms with Crippen LogP contribution < -0.4 is 11.3 Å². The van der Waals surface area contributed by atoms with Crippen molar-refractivity contribution in [1.82, 2.24) is 24.9 Å². The first-order valence-electron chi connectivity index (χ1n) is 9.39. The summed E-state index contributed by atoms with van der Waals surface area (Å²) in [4.78, 5) is 26.9. The number of aromatic nitrogens is 4. The van der Waals surface area contributed by atoms with Gasteiger partial charge in [-0.3, -0.25) is 14.7 Å². The van der Waals surface area contributed by atoms with Crippen LogP contribution in [-0.2, 0) is 6.42 Å². The highest BCUT2D eigenvalue weighted by atomic mass is 16.1. The summed E-state index contributed by atoms with van der Waals surface area (Å²) < 4.78 is 1.44. The Morgan fingerprint density at radius 1 is 1.17 bits per heavy atom. The van der Waals surface area contributed by atoms with Gasteiger partial charge < -0.3 is 10.6 Å². The third kappa shape index (κ3) is 3.50. The fraction of sp³-hybridized carbons (Fsp3) is 0.238. The Bertz CT molecular complexity index is 1270. The topological polar surface area (TPSA) is 110 Å². The highest BCUT2D eigenvalue weighted by Crippen LogP contribution is 2.20. The number of aromatic amines is 1. The number of benzene rings is 2. The van der Waals surface area contributed by atoms with Crippen molar-refractivity contribution in [3.63, 3.8) is 0 Å². The van der Waals surface area contributed by atoms with Gasteiger partial charge in [-0.25, -0.2) is 4.68 Å². The Morgan fingerprint density at radius 2 is 1.97 bits per heavy atom. The van der Waals surface area contributed by atoms with Crippen LogP contribution in [0.2, 0.25) is 0 Å². The molecule has 29 heavy (non-hydrogen) atoms. The number of hydrogen-bond donors (Lipinski definition) is 2. The zero-order valence-corrected chi connectivity index (χ0v) is 16.3. The number of carbonyl (C=O) groups excluding carboxylic acids is 1. The number of aryl methyl sites for hydroxylation is 1. The Morgan fingerprint density at radius 3 is 2.72 bits per heavy atom. The minimum absolute atomic E-state index is 0.275. The lowest BCUT2D eigenvalue weighted by Gasteiger charge is -2.12. The molecule has 0 atom stereocenters. The molecule has 2 aromatic heterocycles. The summed E-state index contributed by atoms with van der Waals surface area (Å²) in [6, 6.07) is 12.7. The summed E-state index contributed by atoms with van der Waals surface area (Å²) in [5.74, 6) is -0.475. The number of nitrogens with zero attached hydrogens (tertiary/aromatic N) is 4. The molecule has 0 aliphatic heterocycles. The monoisotopic (exact) mass is 390 g/mol. The number of carbonyl (C=O) groups is 1. The van der Waals surface area contributed by atoms with Crippen molar-refractivity contribution in [2.45, 2.75) is 12.8 Å². The summed E-state index contributed by atoms with van der Waals surface area (Å²) in [5, 5.41) is 12.2. The number of amides is 1. The van der Waals surface area contributed by atoms with Crippen LogP contribution in [0, 0.1) is 0 Å². The predicted octanol–water partition coefficient (Wildman–Crippen LogP) is 1.86. The van der Waals surface area contributed by atoms with E-state index in [0.717, 1.165) is 23.9 Å². The first kappa shape index (κ1) is 18.8. The average molecular weight is 390 g/mol. The molecule has 0 aliphatic rings. The second-order valence-corrected chi connectivity index (χ2v) is 7.31. The fourth-order valence-electron chi connectivity index (χ4n) is 3.52. The van der Waals surface area contributed by atoms with Gasteiger partial charge in [-0.2, -0.15) is 0 Å². The predicted molar refractivity (Wildman–Crippen MR) is 112 cm³/mol. The minimum atomic E-state index is -0.475. The number of fused-ring (bicyclic) bond motifs is 3. The molecule has 0 saturated heterocycles. The van der Waals surface area contributed by atoms with Gasteiger partial charge in [0.2, 0.25) is 5.91 Å². The molecule has 2 aromatic carbocycles. The van der Waals surface area contributed by atoms with Crippen LogP contribution in [0.3, 0.4) is 0 Å². The largest absolute Gasteiger partial charge is 0.366 e. The van der Waals surface area contributed by atoms with Crippen LogP contribution in [0.1, 0.15) is 22.3 Å². The van der Waals surface area contributed by atoms with E-state index in [2.05, 4.69) is 20.2 Å². The molecule has 1 amide bonds. The second-order valence-electron chi connectivity index (χ2n) is 7.31. The van der Waals surface area contributed by atoms with E-state index in [1.54, 1.807) is 12.1 Å². The molecule has 8 heteroatoms. The lowest BCUT2D eigenvalue weighted by molar-refractivity contribution is 0.0999. The molecule has 0 aliphatic carbocycles. The normalized spacial score (nSPS) is 11.6. The number of H-pyrrole nitrogens is 1. The van der Waals surface area contributed by atoms with Crippen LogP contribution in [0.5, 0.6) is 0 Å². The van der Waals surface area contributed by atoms with Gasteiger partial charge in [0.25, 0.3) is 5.56 Å². The van der Waals surface area contributed by atoms with Gasteiger partial charge in [0.05, 0.1) is 16.7 Å². The molecular formula is C21H22N6O2. The van der Waals surface area contributed by atoms with Crippen LogP contribution in [0.25, 0.3) is 27.6 Å².